The Balaban J connectivity index is 2.15. The molecule has 0 aliphatic carbocycles. The van der Waals surface area contributed by atoms with Crippen molar-refractivity contribution >= 4 is 21.6 Å². The number of carbonyl (C=O) groups is 1. The van der Waals surface area contributed by atoms with Gasteiger partial charge >= 0.3 is 0 Å². The minimum absolute atomic E-state index is 0.154. The van der Waals surface area contributed by atoms with Gasteiger partial charge in [-0.15, -0.1) is 0 Å². The lowest BCUT2D eigenvalue weighted by Crippen LogP contribution is -2.38. The molecule has 25 heavy (non-hydrogen) atoms. The minimum Gasteiger partial charge on any atom is -0.350 e. The fourth-order valence-corrected chi connectivity index (χ4v) is 3.06. The fraction of sp³-hybridized carbons (Fsp3) is 0.188. The molecule has 5 nitrogen and oxygen atoms in total. The van der Waals surface area contributed by atoms with Crippen LogP contribution in [0.4, 0.5) is 18.9 Å². The van der Waals surface area contributed by atoms with Crippen molar-refractivity contribution in [3.63, 3.8) is 0 Å². The number of carbonyl (C=O) groups excluding carboxylic acids is 1. The number of hydrogen-bond acceptors (Lipinski definition) is 3. The van der Waals surface area contributed by atoms with E-state index in [0.717, 1.165) is 12.3 Å². The summed E-state index contributed by atoms with van der Waals surface area (Å²) in [6, 6.07) is 9.65. The first-order valence-electron chi connectivity index (χ1n) is 7.16. The Morgan fingerprint density at radius 3 is 2.28 bits per heavy atom. The van der Waals surface area contributed by atoms with Crippen LogP contribution in [0.3, 0.4) is 0 Å². The molecule has 0 aromatic heterocycles. The summed E-state index contributed by atoms with van der Waals surface area (Å²) in [5, 5.41) is 2.48. The highest BCUT2D eigenvalue weighted by Gasteiger charge is 2.24. The Labute approximate surface area is 143 Å². The minimum atomic E-state index is -3.98. The molecule has 0 aliphatic heterocycles. The molecule has 0 saturated carbocycles. The topological polar surface area (TPSA) is 66.5 Å². The highest BCUT2D eigenvalue weighted by Crippen LogP contribution is 2.25. The zero-order chi connectivity index (χ0) is 18.6. The van der Waals surface area contributed by atoms with Crippen LogP contribution in [-0.2, 0) is 10.0 Å². The van der Waals surface area contributed by atoms with E-state index in [1.807, 2.05) is 0 Å². The Kier molecular flexibility index (Phi) is 5.68. The van der Waals surface area contributed by atoms with Crippen molar-refractivity contribution in [2.24, 2.45) is 0 Å². The lowest BCUT2D eigenvalue weighted by Gasteiger charge is -2.23. The SMILES string of the molecule is CS(=O)(=O)N(CCNC(=O)c1ccccc1)c1ccc(F)c(F)c1F. The van der Waals surface area contributed by atoms with E-state index < -0.39 is 39.1 Å². The quantitative estimate of drug-likeness (QED) is 0.792. The maximum absolute atomic E-state index is 13.9. The van der Waals surface area contributed by atoms with Crippen LogP contribution in [0.2, 0.25) is 0 Å². The third-order valence-electron chi connectivity index (χ3n) is 3.32. The van der Waals surface area contributed by atoms with Crippen LogP contribution >= 0.6 is 0 Å². The van der Waals surface area contributed by atoms with Crippen molar-refractivity contribution < 1.29 is 26.4 Å². The van der Waals surface area contributed by atoms with Gasteiger partial charge in [-0.25, -0.2) is 21.6 Å². The molecule has 9 heteroatoms. The Morgan fingerprint density at radius 2 is 1.68 bits per heavy atom. The van der Waals surface area contributed by atoms with E-state index in [1.165, 1.54) is 0 Å². The number of anilines is 1. The lowest BCUT2D eigenvalue weighted by molar-refractivity contribution is 0.0955. The van der Waals surface area contributed by atoms with E-state index >= 15 is 0 Å². The van der Waals surface area contributed by atoms with Gasteiger partial charge in [0.1, 0.15) is 0 Å². The summed E-state index contributed by atoms with van der Waals surface area (Å²) in [4.78, 5) is 11.9. The Bertz CT molecular complexity index is 874. The Morgan fingerprint density at radius 1 is 1.04 bits per heavy atom. The summed E-state index contributed by atoms with van der Waals surface area (Å²) in [5.41, 5.74) is -0.261. The number of nitrogens with one attached hydrogen (secondary N) is 1. The second kappa shape index (κ2) is 7.56. The summed E-state index contributed by atoms with van der Waals surface area (Å²) < 4.78 is 64.6. The smallest absolute Gasteiger partial charge is 0.251 e. The molecule has 0 heterocycles. The second-order valence-electron chi connectivity index (χ2n) is 5.15. The molecule has 0 unspecified atom stereocenters. The molecule has 0 saturated heterocycles. The highest BCUT2D eigenvalue weighted by molar-refractivity contribution is 7.92. The lowest BCUT2D eigenvalue weighted by atomic mass is 10.2. The fourth-order valence-electron chi connectivity index (χ4n) is 2.14. The number of sulfonamides is 1. The van der Waals surface area contributed by atoms with Gasteiger partial charge in [-0.2, -0.15) is 0 Å². The van der Waals surface area contributed by atoms with Crippen LogP contribution < -0.4 is 9.62 Å². The van der Waals surface area contributed by atoms with Crippen molar-refractivity contribution in [2.45, 2.75) is 0 Å². The van der Waals surface area contributed by atoms with Crippen molar-refractivity contribution in [2.75, 3.05) is 23.7 Å². The average molecular weight is 372 g/mol. The Hall–Kier alpha value is -2.55. The first-order valence-corrected chi connectivity index (χ1v) is 9.01. The number of benzene rings is 2. The molecule has 2 rings (SSSR count). The van der Waals surface area contributed by atoms with Gasteiger partial charge in [-0.05, 0) is 24.3 Å². The maximum atomic E-state index is 13.9. The maximum Gasteiger partial charge on any atom is 0.251 e. The van der Waals surface area contributed by atoms with Gasteiger partial charge in [0.05, 0.1) is 18.5 Å². The number of amides is 1. The molecule has 0 aliphatic rings. The van der Waals surface area contributed by atoms with Crippen LogP contribution in [0.5, 0.6) is 0 Å². The molecule has 134 valence electrons. The molecule has 0 spiro atoms. The molecule has 1 N–H and O–H groups in total. The van der Waals surface area contributed by atoms with Crippen LogP contribution in [0, 0.1) is 17.5 Å². The zero-order valence-electron chi connectivity index (χ0n) is 13.2. The first kappa shape index (κ1) is 18.8. The van der Waals surface area contributed by atoms with Crippen LogP contribution in [-0.4, -0.2) is 33.7 Å². The van der Waals surface area contributed by atoms with Gasteiger partial charge < -0.3 is 5.32 Å². The average Bonchev–Trinajstić information content (AvgIpc) is 2.57. The molecule has 0 radical (unpaired) electrons. The molecular weight excluding hydrogens is 357 g/mol. The van der Waals surface area contributed by atoms with Gasteiger partial charge in [0.15, 0.2) is 17.5 Å². The van der Waals surface area contributed by atoms with E-state index in [2.05, 4.69) is 5.32 Å². The van der Waals surface area contributed by atoms with Crippen molar-refractivity contribution in [1.82, 2.24) is 5.32 Å². The molecule has 0 fully saturated rings. The monoisotopic (exact) mass is 372 g/mol. The third-order valence-corrected chi connectivity index (χ3v) is 4.50. The predicted molar refractivity (Wildman–Crippen MR) is 87.3 cm³/mol. The molecule has 1 amide bonds. The second-order valence-corrected chi connectivity index (χ2v) is 7.06. The van der Waals surface area contributed by atoms with Gasteiger partial charge in [0, 0.05) is 12.1 Å². The summed E-state index contributed by atoms with van der Waals surface area (Å²) in [7, 11) is -3.98. The summed E-state index contributed by atoms with van der Waals surface area (Å²) >= 11 is 0. The van der Waals surface area contributed by atoms with Gasteiger partial charge in [0.2, 0.25) is 10.0 Å². The van der Waals surface area contributed by atoms with Crippen LogP contribution in [0.25, 0.3) is 0 Å². The summed E-state index contributed by atoms with van der Waals surface area (Å²) in [6.45, 7) is -0.501. The van der Waals surface area contributed by atoms with E-state index in [4.69, 9.17) is 0 Å². The molecule has 0 atom stereocenters. The summed E-state index contributed by atoms with van der Waals surface area (Å²) in [6.07, 6.45) is 0.798. The molecule has 2 aromatic rings. The highest BCUT2D eigenvalue weighted by atomic mass is 32.2. The molecule has 2 aromatic carbocycles. The number of rotatable bonds is 6. The van der Waals surface area contributed by atoms with Gasteiger partial charge in [-0.1, -0.05) is 18.2 Å². The van der Waals surface area contributed by atoms with Gasteiger partial charge in [0.25, 0.3) is 5.91 Å². The van der Waals surface area contributed by atoms with Crippen LogP contribution in [0.1, 0.15) is 10.4 Å². The van der Waals surface area contributed by atoms with Crippen molar-refractivity contribution in [3.05, 3.63) is 65.5 Å². The predicted octanol–water partition coefficient (Wildman–Crippen LogP) is 2.30. The van der Waals surface area contributed by atoms with E-state index in [9.17, 15) is 26.4 Å². The number of hydrogen-bond donors (Lipinski definition) is 1. The first-order chi connectivity index (χ1) is 11.7. The van der Waals surface area contributed by atoms with E-state index in [1.54, 1.807) is 30.3 Å². The summed E-state index contributed by atoms with van der Waals surface area (Å²) in [5.74, 6) is -5.24. The molecular formula is C16H15F3N2O3S. The zero-order valence-corrected chi connectivity index (χ0v) is 14.0. The number of nitrogens with zero attached hydrogens (tertiary/aromatic N) is 1. The van der Waals surface area contributed by atoms with Crippen molar-refractivity contribution in [1.29, 1.82) is 0 Å². The normalized spacial score (nSPS) is 11.2. The third kappa shape index (κ3) is 4.50. The van der Waals surface area contributed by atoms with Crippen LogP contribution in [0.15, 0.2) is 42.5 Å². The number of halogens is 3. The molecule has 0 bridgehead atoms. The van der Waals surface area contributed by atoms with E-state index in [-0.39, 0.29) is 13.1 Å². The largest absolute Gasteiger partial charge is 0.350 e. The van der Waals surface area contributed by atoms with Gasteiger partial charge in [-0.3, -0.25) is 9.10 Å². The standard InChI is InChI=1S/C16H15F3N2O3S/c1-25(23,24)21(13-8-7-12(17)14(18)15(13)19)10-9-20-16(22)11-5-3-2-4-6-11/h2-8H,9-10H2,1H3,(H,20,22). The van der Waals surface area contributed by atoms with E-state index in [0.29, 0.717) is 15.9 Å². The van der Waals surface area contributed by atoms with Crippen molar-refractivity contribution in [3.8, 4) is 0 Å².